The summed E-state index contributed by atoms with van der Waals surface area (Å²) in [6, 6.07) is 56.3. The number of anilines is 4. The average molecular weight is 571 g/mol. The summed E-state index contributed by atoms with van der Waals surface area (Å²) in [6.45, 7) is 4.39. The molecule has 6 aromatic rings. The first-order chi connectivity index (χ1) is 21.6. The largest absolute Gasteiger partial charge is 0.348 e. The standard InChI is InChI=1S/C42H38N2/c1-4-33-15-11-12-20-36(33)29-32(2)43(3)39-25-27-40(28-26-39)44(41-23-13-21-37(30-41)34-16-7-5-8-17-34)42-24-14-22-38(31-42)35-18-9-6-10-19-35/h5-31H,4H2,1-3H3/b32-29+. The van der Waals surface area contributed by atoms with Crippen LogP contribution in [0.4, 0.5) is 22.7 Å². The predicted octanol–water partition coefficient (Wildman–Crippen LogP) is 11.5. The molecule has 0 aliphatic carbocycles. The zero-order valence-electron chi connectivity index (χ0n) is 25.7. The van der Waals surface area contributed by atoms with Gasteiger partial charge in [-0.05, 0) is 101 Å². The van der Waals surface area contributed by atoms with E-state index in [-0.39, 0.29) is 0 Å². The Kier molecular flexibility index (Phi) is 8.70. The van der Waals surface area contributed by atoms with Gasteiger partial charge in [0.2, 0.25) is 0 Å². The minimum Gasteiger partial charge on any atom is -0.348 e. The maximum atomic E-state index is 2.35. The van der Waals surface area contributed by atoms with Crippen LogP contribution in [0.5, 0.6) is 0 Å². The molecule has 0 heterocycles. The minimum atomic E-state index is 1.02. The first kappa shape index (κ1) is 28.8. The quantitative estimate of drug-likeness (QED) is 0.171. The number of hydrogen-bond acceptors (Lipinski definition) is 2. The van der Waals surface area contributed by atoms with Crippen molar-refractivity contribution in [2.24, 2.45) is 0 Å². The van der Waals surface area contributed by atoms with Crippen molar-refractivity contribution in [3.63, 3.8) is 0 Å². The highest BCUT2D eigenvalue weighted by Gasteiger charge is 2.15. The van der Waals surface area contributed by atoms with Crippen LogP contribution in [0.2, 0.25) is 0 Å². The molecule has 0 saturated carbocycles. The molecular weight excluding hydrogens is 532 g/mol. The van der Waals surface area contributed by atoms with Crippen LogP contribution >= 0.6 is 0 Å². The van der Waals surface area contributed by atoms with Crippen molar-refractivity contribution in [3.05, 3.63) is 175 Å². The molecule has 0 saturated heterocycles. The van der Waals surface area contributed by atoms with Crippen LogP contribution in [0.1, 0.15) is 25.0 Å². The van der Waals surface area contributed by atoms with Gasteiger partial charge < -0.3 is 9.80 Å². The number of benzene rings is 6. The Morgan fingerprint density at radius 2 is 0.977 bits per heavy atom. The second kappa shape index (κ2) is 13.3. The summed E-state index contributed by atoms with van der Waals surface area (Å²) >= 11 is 0. The molecule has 0 atom stereocenters. The fourth-order valence-corrected chi connectivity index (χ4v) is 5.71. The molecule has 0 aromatic heterocycles. The number of aryl methyl sites for hydroxylation is 1. The van der Waals surface area contributed by atoms with Gasteiger partial charge in [0.15, 0.2) is 0 Å². The van der Waals surface area contributed by atoms with Gasteiger partial charge in [-0.1, -0.05) is 116 Å². The first-order valence-corrected chi connectivity index (χ1v) is 15.3. The van der Waals surface area contributed by atoms with Crippen LogP contribution in [-0.2, 0) is 6.42 Å². The molecular formula is C42H38N2. The Morgan fingerprint density at radius 3 is 1.52 bits per heavy atom. The highest BCUT2D eigenvalue weighted by molar-refractivity contribution is 5.83. The van der Waals surface area contributed by atoms with E-state index >= 15 is 0 Å². The number of nitrogens with zero attached hydrogens (tertiary/aromatic N) is 2. The van der Waals surface area contributed by atoms with Crippen molar-refractivity contribution in [3.8, 4) is 22.3 Å². The number of hydrogen-bond donors (Lipinski definition) is 0. The molecule has 6 aromatic carbocycles. The summed E-state index contributed by atoms with van der Waals surface area (Å²) in [7, 11) is 2.14. The highest BCUT2D eigenvalue weighted by atomic mass is 15.1. The van der Waals surface area contributed by atoms with Gasteiger partial charge in [0.05, 0.1) is 0 Å². The molecule has 0 radical (unpaired) electrons. The third-order valence-corrected chi connectivity index (χ3v) is 8.25. The summed E-state index contributed by atoms with van der Waals surface area (Å²) in [5.74, 6) is 0. The molecule has 0 bridgehead atoms. The van der Waals surface area contributed by atoms with Crippen LogP contribution in [0.3, 0.4) is 0 Å². The molecule has 2 heteroatoms. The van der Waals surface area contributed by atoms with Crippen molar-refractivity contribution in [1.82, 2.24) is 0 Å². The molecule has 0 N–H and O–H groups in total. The van der Waals surface area contributed by atoms with Crippen LogP contribution in [0, 0.1) is 0 Å². The SMILES string of the molecule is CCc1ccccc1/C=C(\C)N(C)c1ccc(N(c2cccc(-c3ccccc3)c2)c2cccc(-c3ccccc3)c2)cc1. The molecule has 0 aliphatic rings. The summed E-state index contributed by atoms with van der Waals surface area (Å²) in [5, 5.41) is 0. The fraction of sp³-hybridized carbons (Fsp3) is 0.0952. The topological polar surface area (TPSA) is 6.48 Å². The molecule has 0 aliphatic heterocycles. The Balaban J connectivity index is 1.39. The van der Waals surface area contributed by atoms with E-state index in [1.165, 1.54) is 39.1 Å². The number of allylic oxidation sites excluding steroid dienone is 1. The Hall–Kier alpha value is -5.34. The number of rotatable bonds is 9. The minimum absolute atomic E-state index is 1.02. The zero-order valence-corrected chi connectivity index (χ0v) is 25.7. The van der Waals surface area contributed by atoms with E-state index in [2.05, 4.69) is 194 Å². The molecule has 2 nitrogen and oxygen atoms in total. The lowest BCUT2D eigenvalue weighted by Gasteiger charge is -2.28. The van der Waals surface area contributed by atoms with E-state index in [1.807, 2.05) is 0 Å². The van der Waals surface area contributed by atoms with Crippen molar-refractivity contribution in [1.29, 1.82) is 0 Å². The van der Waals surface area contributed by atoms with Gasteiger partial charge in [-0.2, -0.15) is 0 Å². The van der Waals surface area contributed by atoms with E-state index in [1.54, 1.807) is 0 Å². The van der Waals surface area contributed by atoms with Gasteiger partial charge in [-0.25, -0.2) is 0 Å². The van der Waals surface area contributed by atoms with Gasteiger partial charge >= 0.3 is 0 Å². The van der Waals surface area contributed by atoms with Crippen LogP contribution in [0.25, 0.3) is 28.3 Å². The molecule has 0 spiro atoms. The lowest BCUT2D eigenvalue weighted by molar-refractivity contribution is 1.09. The van der Waals surface area contributed by atoms with E-state index in [0.717, 1.165) is 29.2 Å². The van der Waals surface area contributed by atoms with Crippen molar-refractivity contribution >= 4 is 28.8 Å². The van der Waals surface area contributed by atoms with Crippen LogP contribution < -0.4 is 9.80 Å². The van der Waals surface area contributed by atoms with E-state index in [9.17, 15) is 0 Å². The fourth-order valence-electron chi connectivity index (χ4n) is 5.71. The van der Waals surface area contributed by atoms with Crippen LogP contribution in [0.15, 0.2) is 163 Å². The van der Waals surface area contributed by atoms with Crippen molar-refractivity contribution in [2.45, 2.75) is 20.3 Å². The van der Waals surface area contributed by atoms with Gasteiger partial charge in [0.1, 0.15) is 0 Å². The monoisotopic (exact) mass is 570 g/mol. The zero-order chi connectivity index (χ0) is 30.3. The average Bonchev–Trinajstić information content (AvgIpc) is 3.10. The Bertz CT molecular complexity index is 1770. The van der Waals surface area contributed by atoms with E-state index in [0.29, 0.717) is 0 Å². The lowest BCUT2D eigenvalue weighted by Crippen LogP contribution is -2.15. The highest BCUT2D eigenvalue weighted by Crippen LogP contribution is 2.39. The third-order valence-electron chi connectivity index (χ3n) is 8.25. The van der Waals surface area contributed by atoms with Crippen molar-refractivity contribution in [2.75, 3.05) is 16.8 Å². The van der Waals surface area contributed by atoms with Crippen molar-refractivity contribution < 1.29 is 0 Å². The normalized spacial score (nSPS) is 11.3. The maximum absolute atomic E-state index is 2.35. The van der Waals surface area contributed by atoms with E-state index < -0.39 is 0 Å². The Morgan fingerprint density at radius 1 is 0.500 bits per heavy atom. The maximum Gasteiger partial charge on any atom is 0.0467 e. The molecule has 6 rings (SSSR count). The van der Waals surface area contributed by atoms with Gasteiger partial charge in [0.25, 0.3) is 0 Å². The molecule has 0 fully saturated rings. The summed E-state index contributed by atoms with van der Waals surface area (Å²) in [5.41, 5.74) is 13.1. The Labute approximate surface area is 262 Å². The van der Waals surface area contributed by atoms with Crippen LogP contribution in [-0.4, -0.2) is 7.05 Å². The second-order valence-corrected chi connectivity index (χ2v) is 11.1. The summed E-state index contributed by atoms with van der Waals surface area (Å²) in [6.07, 6.45) is 3.30. The van der Waals surface area contributed by atoms with Gasteiger partial charge in [-0.3, -0.25) is 0 Å². The summed E-state index contributed by atoms with van der Waals surface area (Å²) < 4.78 is 0. The molecule has 0 amide bonds. The molecule has 44 heavy (non-hydrogen) atoms. The first-order valence-electron chi connectivity index (χ1n) is 15.3. The van der Waals surface area contributed by atoms with Gasteiger partial charge in [-0.15, -0.1) is 0 Å². The van der Waals surface area contributed by atoms with E-state index in [4.69, 9.17) is 0 Å². The molecule has 0 unspecified atom stereocenters. The summed E-state index contributed by atoms with van der Waals surface area (Å²) in [4.78, 5) is 4.61. The van der Waals surface area contributed by atoms with Gasteiger partial charge in [0, 0.05) is 35.5 Å². The predicted molar refractivity (Wildman–Crippen MR) is 190 cm³/mol. The molecule has 216 valence electrons. The second-order valence-electron chi connectivity index (χ2n) is 11.1. The lowest BCUT2D eigenvalue weighted by atomic mass is 10.0. The smallest absolute Gasteiger partial charge is 0.0467 e. The third kappa shape index (κ3) is 6.35.